The molecule has 4 aliphatic heterocycles. The minimum atomic E-state index is -1.23. The zero-order chi connectivity index (χ0) is 18.5. The Kier molecular flexibility index (Phi) is 4.70. The standard InChI is InChI=1S/C19H30O7/c1-11-6-7-14-12(2)15(5-4-10-22-17(20)21)23-16-19(14)13(11)8-9-18(3,24-16)25-26-19/h11-16H,4-10H2,1-3H3,(H,20,21). The lowest BCUT2D eigenvalue weighted by atomic mass is 9.57. The summed E-state index contributed by atoms with van der Waals surface area (Å²) in [5, 5.41) is 8.62. The number of carboxylic acid groups (broad SMARTS) is 1. The van der Waals surface area contributed by atoms with Crippen LogP contribution in [0.5, 0.6) is 0 Å². The van der Waals surface area contributed by atoms with Gasteiger partial charge in [0.2, 0.25) is 5.79 Å². The van der Waals surface area contributed by atoms with Crippen molar-refractivity contribution in [2.24, 2.45) is 23.7 Å². The van der Waals surface area contributed by atoms with Crippen LogP contribution in [0.25, 0.3) is 0 Å². The lowest BCUT2D eigenvalue weighted by Crippen LogP contribution is -2.70. The molecular weight excluding hydrogens is 340 g/mol. The van der Waals surface area contributed by atoms with Crippen molar-refractivity contribution in [3.05, 3.63) is 0 Å². The van der Waals surface area contributed by atoms with Crippen molar-refractivity contribution in [2.75, 3.05) is 6.61 Å². The molecule has 1 saturated carbocycles. The van der Waals surface area contributed by atoms with Crippen molar-refractivity contribution in [2.45, 2.75) is 83.1 Å². The predicted molar refractivity (Wildman–Crippen MR) is 90.0 cm³/mol. The maximum absolute atomic E-state index is 10.5. The maximum atomic E-state index is 10.5. The lowest BCUT2D eigenvalue weighted by molar-refractivity contribution is -0.571. The van der Waals surface area contributed by atoms with E-state index in [-0.39, 0.29) is 12.7 Å². The van der Waals surface area contributed by atoms with Crippen LogP contribution in [-0.2, 0) is 24.0 Å². The van der Waals surface area contributed by atoms with Crippen molar-refractivity contribution in [1.29, 1.82) is 0 Å². The van der Waals surface area contributed by atoms with Crippen LogP contribution in [-0.4, -0.2) is 41.7 Å². The molecule has 0 amide bonds. The second-order valence-electron chi connectivity index (χ2n) is 8.70. The van der Waals surface area contributed by atoms with E-state index < -0.39 is 23.8 Å². The molecule has 7 nitrogen and oxygen atoms in total. The van der Waals surface area contributed by atoms with E-state index in [1.807, 2.05) is 6.92 Å². The van der Waals surface area contributed by atoms with Crippen molar-refractivity contribution in [3.8, 4) is 0 Å². The van der Waals surface area contributed by atoms with Crippen LogP contribution in [0.4, 0.5) is 4.79 Å². The van der Waals surface area contributed by atoms with Gasteiger partial charge in [-0.1, -0.05) is 13.8 Å². The molecule has 1 spiro atoms. The van der Waals surface area contributed by atoms with E-state index >= 15 is 0 Å². The summed E-state index contributed by atoms with van der Waals surface area (Å²) < 4.78 is 17.4. The predicted octanol–water partition coefficient (Wildman–Crippen LogP) is 3.71. The molecule has 5 rings (SSSR count). The second-order valence-corrected chi connectivity index (χ2v) is 8.70. The zero-order valence-corrected chi connectivity index (χ0v) is 15.8. The molecule has 7 heteroatoms. The fourth-order valence-corrected chi connectivity index (χ4v) is 5.75. The van der Waals surface area contributed by atoms with Gasteiger partial charge in [-0.05, 0) is 56.8 Å². The molecule has 4 saturated heterocycles. The highest BCUT2D eigenvalue weighted by Crippen LogP contribution is 2.60. The molecule has 148 valence electrons. The molecule has 8 atom stereocenters. The van der Waals surface area contributed by atoms with Crippen LogP contribution in [0.3, 0.4) is 0 Å². The van der Waals surface area contributed by atoms with Gasteiger partial charge in [-0.25, -0.2) is 14.6 Å². The average molecular weight is 370 g/mol. The Labute approximate surface area is 154 Å². The number of hydrogen-bond acceptors (Lipinski definition) is 6. The summed E-state index contributed by atoms with van der Waals surface area (Å²) in [5.74, 6) is 0.776. The third-order valence-corrected chi connectivity index (χ3v) is 7.15. The molecule has 0 aromatic carbocycles. The highest BCUT2D eigenvalue weighted by molar-refractivity contribution is 5.56. The SMILES string of the molecule is CC1CCC2C(C)C(CCCOC(=O)O)OC3OC4(C)CCC1C32OO4. The molecule has 5 fully saturated rings. The normalized spacial score (nSPS) is 50.0. The second kappa shape index (κ2) is 6.62. The summed E-state index contributed by atoms with van der Waals surface area (Å²) in [6.07, 6.45) is 3.83. The van der Waals surface area contributed by atoms with Gasteiger partial charge in [-0.2, -0.15) is 0 Å². The third-order valence-electron chi connectivity index (χ3n) is 7.15. The van der Waals surface area contributed by atoms with Crippen LogP contribution in [0.1, 0.15) is 59.3 Å². The van der Waals surface area contributed by atoms with Gasteiger partial charge in [0.25, 0.3) is 0 Å². The summed E-state index contributed by atoms with van der Waals surface area (Å²) >= 11 is 0. The van der Waals surface area contributed by atoms with Crippen LogP contribution in [0.2, 0.25) is 0 Å². The first kappa shape index (κ1) is 18.5. The minimum absolute atomic E-state index is 0.00799. The largest absolute Gasteiger partial charge is 0.505 e. The van der Waals surface area contributed by atoms with E-state index in [4.69, 9.17) is 24.4 Å². The molecule has 8 unspecified atom stereocenters. The first-order valence-electron chi connectivity index (χ1n) is 9.91. The Morgan fingerprint density at radius 1 is 1.19 bits per heavy atom. The Hall–Kier alpha value is -0.890. The van der Waals surface area contributed by atoms with E-state index in [9.17, 15) is 4.79 Å². The third kappa shape index (κ3) is 2.84. The summed E-state index contributed by atoms with van der Waals surface area (Å²) in [4.78, 5) is 22.4. The molecule has 2 bridgehead atoms. The molecule has 0 radical (unpaired) electrons. The number of hydrogen-bond donors (Lipinski definition) is 1. The molecular formula is C19H30O7. The van der Waals surface area contributed by atoms with Gasteiger partial charge < -0.3 is 19.3 Å². The lowest BCUT2D eigenvalue weighted by Gasteiger charge is -2.60. The number of ether oxygens (including phenoxy) is 3. The Morgan fingerprint density at radius 3 is 2.77 bits per heavy atom. The van der Waals surface area contributed by atoms with E-state index in [1.54, 1.807) is 0 Å². The highest BCUT2D eigenvalue weighted by Gasteiger charge is 2.69. The topological polar surface area (TPSA) is 83.5 Å². The zero-order valence-electron chi connectivity index (χ0n) is 15.8. The average Bonchev–Trinajstić information content (AvgIpc) is 2.82. The van der Waals surface area contributed by atoms with Gasteiger partial charge in [-0.3, -0.25) is 0 Å². The van der Waals surface area contributed by atoms with Crippen molar-refractivity contribution in [1.82, 2.24) is 0 Å². The molecule has 26 heavy (non-hydrogen) atoms. The molecule has 1 aliphatic carbocycles. The van der Waals surface area contributed by atoms with Gasteiger partial charge in [0, 0.05) is 12.3 Å². The van der Waals surface area contributed by atoms with Gasteiger partial charge in [0.15, 0.2) is 11.9 Å². The van der Waals surface area contributed by atoms with Gasteiger partial charge >= 0.3 is 6.16 Å². The van der Waals surface area contributed by atoms with E-state index in [1.165, 1.54) is 6.42 Å². The van der Waals surface area contributed by atoms with Crippen molar-refractivity contribution < 1.29 is 33.9 Å². The highest BCUT2D eigenvalue weighted by atomic mass is 17.3. The van der Waals surface area contributed by atoms with E-state index in [2.05, 4.69) is 18.6 Å². The van der Waals surface area contributed by atoms with Crippen molar-refractivity contribution in [3.63, 3.8) is 0 Å². The molecule has 0 aromatic heterocycles. The Morgan fingerprint density at radius 2 is 2.00 bits per heavy atom. The summed E-state index contributed by atoms with van der Waals surface area (Å²) in [5.41, 5.74) is -0.527. The number of carbonyl (C=O) groups is 1. The van der Waals surface area contributed by atoms with Gasteiger partial charge in [0.05, 0.1) is 12.7 Å². The summed E-state index contributed by atoms with van der Waals surface area (Å²) in [7, 11) is 0. The molecule has 1 N–H and O–H groups in total. The van der Waals surface area contributed by atoms with Crippen LogP contribution >= 0.6 is 0 Å². The molecule has 0 aromatic rings. The van der Waals surface area contributed by atoms with Gasteiger partial charge in [0.1, 0.15) is 0 Å². The fourth-order valence-electron chi connectivity index (χ4n) is 5.75. The van der Waals surface area contributed by atoms with Crippen LogP contribution in [0.15, 0.2) is 0 Å². The minimum Gasteiger partial charge on any atom is -0.450 e. The number of rotatable bonds is 4. The number of fused-ring (bicyclic) bond motifs is 2. The quantitative estimate of drug-likeness (QED) is 0.459. The first-order chi connectivity index (χ1) is 12.4. The molecule has 5 aliphatic rings. The Balaban J connectivity index is 1.55. The van der Waals surface area contributed by atoms with Gasteiger partial charge in [-0.15, -0.1) is 0 Å². The van der Waals surface area contributed by atoms with E-state index in [0.29, 0.717) is 30.1 Å². The smallest absolute Gasteiger partial charge is 0.450 e. The van der Waals surface area contributed by atoms with Crippen molar-refractivity contribution >= 4 is 6.16 Å². The van der Waals surface area contributed by atoms with E-state index in [0.717, 1.165) is 25.7 Å². The Bertz CT molecular complexity index is 554. The first-order valence-corrected chi connectivity index (χ1v) is 9.91. The fraction of sp³-hybridized carbons (Fsp3) is 0.947. The maximum Gasteiger partial charge on any atom is 0.505 e. The van der Waals surface area contributed by atoms with Crippen LogP contribution in [0, 0.1) is 23.7 Å². The molecule has 4 heterocycles. The summed E-state index contributed by atoms with van der Waals surface area (Å²) in [6, 6.07) is 0. The monoisotopic (exact) mass is 370 g/mol. The van der Waals surface area contributed by atoms with Crippen LogP contribution < -0.4 is 0 Å². The summed E-state index contributed by atoms with van der Waals surface area (Å²) in [6.45, 7) is 6.64.